The fourth-order valence-electron chi connectivity index (χ4n) is 4.74. The number of carbonyl (C=O) groups is 1. The maximum Gasteiger partial charge on any atom is 0.270 e. The zero-order valence-electron chi connectivity index (χ0n) is 16.9. The second-order valence-electron chi connectivity index (χ2n) is 8.20. The van der Waals surface area contributed by atoms with Gasteiger partial charge in [0.2, 0.25) is 0 Å². The number of piperidine rings is 1. The molecule has 4 heterocycles. The molecule has 2 aliphatic rings. The van der Waals surface area contributed by atoms with Crippen molar-refractivity contribution in [3.05, 3.63) is 45.7 Å². The number of thiazole rings is 1. The molecule has 0 bridgehead atoms. The summed E-state index contributed by atoms with van der Waals surface area (Å²) in [6.07, 6.45) is 3.24. The molecule has 1 amide bonds. The average molecular weight is 400 g/mol. The number of amides is 1. The lowest BCUT2D eigenvalue weighted by molar-refractivity contribution is 0.0352. The van der Waals surface area contributed by atoms with Gasteiger partial charge in [-0.05, 0) is 58.8 Å². The number of nitrogens with zero attached hydrogens (tertiary/aromatic N) is 4. The van der Waals surface area contributed by atoms with Crippen molar-refractivity contribution < 1.29 is 4.79 Å². The number of nitrogens with one attached hydrogen (secondary N) is 1. The van der Waals surface area contributed by atoms with Crippen LogP contribution in [0, 0.1) is 13.8 Å². The Morgan fingerprint density at radius 2 is 2.14 bits per heavy atom. The third kappa shape index (κ3) is 3.83. The molecule has 0 saturated carbocycles. The van der Waals surface area contributed by atoms with Crippen LogP contribution in [0.15, 0.2) is 23.6 Å². The molecule has 0 aromatic carbocycles. The van der Waals surface area contributed by atoms with Gasteiger partial charge in [0, 0.05) is 29.9 Å². The van der Waals surface area contributed by atoms with E-state index >= 15 is 0 Å². The zero-order chi connectivity index (χ0) is 19.7. The second-order valence-corrected chi connectivity index (χ2v) is 9.14. The van der Waals surface area contributed by atoms with Crippen LogP contribution in [-0.4, -0.2) is 63.9 Å². The summed E-state index contributed by atoms with van der Waals surface area (Å²) in [6.45, 7) is 7.93. The van der Waals surface area contributed by atoms with Crippen LogP contribution < -0.4 is 5.32 Å². The van der Waals surface area contributed by atoms with Crippen molar-refractivity contribution in [2.24, 2.45) is 0 Å². The van der Waals surface area contributed by atoms with Gasteiger partial charge in [-0.3, -0.25) is 14.6 Å². The molecule has 2 aromatic rings. The first-order valence-electron chi connectivity index (χ1n) is 10.1. The van der Waals surface area contributed by atoms with Gasteiger partial charge in [0.1, 0.15) is 10.7 Å². The van der Waals surface area contributed by atoms with Crippen molar-refractivity contribution in [1.82, 2.24) is 25.1 Å². The molecule has 2 aliphatic heterocycles. The number of likely N-dealkylation sites (tertiary alicyclic amines) is 2. The van der Waals surface area contributed by atoms with Gasteiger partial charge < -0.3 is 5.32 Å². The fraction of sp³-hybridized carbons (Fsp3) is 0.571. The summed E-state index contributed by atoms with van der Waals surface area (Å²) in [5.74, 6) is -0.0592. The van der Waals surface area contributed by atoms with Crippen LogP contribution in [0.4, 0.5) is 0 Å². The van der Waals surface area contributed by atoms with Crippen LogP contribution >= 0.6 is 11.3 Å². The molecule has 150 valence electrons. The maximum absolute atomic E-state index is 12.8. The number of aryl methyl sites for hydroxylation is 2. The molecule has 2 saturated heterocycles. The Balaban J connectivity index is 1.49. The lowest BCUT2D eigenvalue weighted by atomic mass is 9.82. The van der Waals surface area contributed by atoms with Gasteiger partial charge in [-0.25, -0.2) is 9.97 Å². The van der Waals surface area contributed by atoms with Gasteiger partial charge in [0.25, 0.3) is 5.91 Å². The van der Waals surface area contributed by atoms with Crippen molar-refractivity contribution >= 4 is 17.2 Å². The lowest BCUT2D eigenvalue weighted by Crippen LogP contribution is -2.63. The Labute approximate surface area is 171 Å². The van der Waals surface area contributed by atoms with E-state index in [1.54, 1.807) is 17.4 Å². The molecule has 0 aliphatic carbocycles. The average Bonchev–Trinajstić information content (AvgIpc) is 3.20. The van der Waals surface area contributed by atoms with Gasteiger partial charge in [-0.1, -0.05) is 6.07 Å². The van der Waals surface area contributed by atoms with E-state index < -0.39 is 0 Å². The largest absolute Gasteiger partial charge is 0.346 e. The van der Waals surface area contributed by atoms with Crippen LogP contribution in [0.25, 0.3) is 0 Å². The van der Waals surface area contributed by atoms with E-state index in [0.29, 0.717) is 5.69 Å². The normalized spacial score (nSPS) is 26.0. The summed E-state index contributed by atoms with van der Waals surface area (Å²) in [4.78, 5) is 26.9. The first kappa shape index (κ1) is 19.5. The summed E-state index contributed by atoms with van der Waals surface area (Å²) in [5, 5.41) is 6.62. The van der Waals surface area contributed by atoms with Crippen molar-refractivity contribution in [1.29, 1.82) is 0 Å². The van der Waals surface area contributed by atoms with Crippen LogP contribution in [0.3, 0.4) is 0 Å². The topological polar surface area (TPSA) is 61.4 Å². The summed E-state index contributed by atoms with van der Waals surface area (Å²) in [5.41, 5.74) is 2.47. The van der Waals surface area contributed by atoms with Gasteiger partial charge in [0.05, 0.1) is 18.1 Å². The van der Waals surface area contributed by atoms with E-state index in [4.69, 9.17) is 0 Å². The van der Waals surface area contributed by atoms with E-state index in [9.17, 15) is 4.79 Å². The molecule has 2 aromatic heterocycles. The number of carbonyl (C=O) groups excluding carboxylic acids is 1. The predicted molar refractivity (Wildman–Crippen MR) is 112 cm³/mol. The van der Waals surface area contributed by atoms with Crippen LogP contribution in [0.5, 0.6) is 0 Å². The standard InChI is InChI=1S/C21H29N5OS/c1-15-6-4-7-17(22-15)20(27)24-18-8-11-25(3)21(18)9-5-10-26(14-21)12-19-23-16(2)13-28-19/h4,6-7,13,18H,5,8-12,14H2,1-3H3,(H,24,27). The first-order valence-corrected chi connectivity index (χ1v) is 10.9. The quantitative estimate of drug-likeness (QED) is 0.856. The molecular weight excluding hydrogens is 370 g/mol. The zero-order valence-corrected chi connectivity index (χ0v) is 17.8. The second kappa shape index (κ2) is 7.89. The molecule has 0 radical (unpaired) electrons. The molecule has 1 spiro atoms. The van der Waals surface area contributed by atoms with E-state index in [-0.39, 0.29) is 17.5 Å². The van der Waals surface area contributed by atoms with Crippen molar-refractivity contribution in [2.75, 3.05) is 26.7 Å². The molecule has 2 unspecified atom stereocenters. The van der Waals surface area contributed by atoms with Crippen LogP contribution in [0.2, 0.25) is 0 Å². The first-order chi connectivity index (χ1) is 13.5. The van der Waals surface area contributed by atoms with Gasteiger partial charge in [0.15, 0.2) is 0 Å². The van der Waals surface area contributed by atoms with E-state index in [0.717, 1.165) is 56.8 Å². The number of aromatic nitrogens is 2. The van der Waals surface area contributed by atoms with Crippen LogP contribution in [0.1, 0.15) is 46.1 Å². The van der Waals surface area contributed by atoms with Crippen molar-refractivity contribution in [2.45, 2.75) is 51.2 Å². The number of pyridine rings is 1. The van der Waals surface area contributed by atoms with Crippen LogP contribution in [-0.2, 0) is 6.54 Å². The summed E-state index contributed by atoms with van der Waals surface area (Å²) in [7, 11) is 2.20. The molecular formula is C21H29N5OS. The number of hydrogen-bond acceptors (Lipinski definition) is 6. The molecule has 4 rings (SSSR count). The smallest absolute Gasteiger partial charge is 0.270 e. The molecule has 2 fully saturated rings. The summed E-state index contributed by atoms with van der Waals surface area (Å²) in [6, 6.07) is 5.76. The summed E-state index contributed by atoms with van der Waals surface area (Å²) < 4.78 is 0. The number of likely N-dealkylation sites (N-methyl/N-ethyl adjacent to an activating group) is 1. The Morgan fingerprint density at radius 1 is 1.29 bits per heavy atom. The monoisotopic (exact) mass is 399 g/mol. The highest BCUT2D eigenvalue weighted by atomic mass is 32.1. The van der Waals surface area contributed by atoms with Gasteiger partial charge >= 0.3 is 0 Å². The Bertz CT molecular complexity index is 853. The Hall–Kier alpha value is -1.83. The molecule has 28 heavy (non-hydrogen) atoms. The molecule has 7 heteroatoms. The van der Waals surface area contributed by atoms with E-state index in [2.05, 4.69) is 37.5 Å². The minimum atomic E-state index is -0.0592. The van der Waals surface area contributed by atoms with Gasteiger partial charge in [-0.2, -0.15) is 0 Å². The maximum atomic E-state index is 12.8. The fourth-order valence-corrected chi connectivity index (χ4v) is 5.55. The number of hydrogen-bond donors (Lipinski definition) is 1. The van der Waals surface area contributed by atoms with Gasteiger partial charge in [-0.15, -0.1) is 11.3 Å². The predicted octanol–water partition coefficient (Wildman–Crippen LogP) is 2.62. The molecule has 6 nitrogen and oxygen atoms in total. The SMILES string of the molecule is Cc1cccc(C(=O)NC2CCN(C)C23CCCN(Cc2nc(C)cs2)C3)n1. The van der Waals surface area contributed by atoms with E-state index in [1.165, 1.54) is 5.01 Å². The highest BCUT2D eigenvalue weighted by Gasteiger charge is 2.49. The Kier molecular flexibility index (Phi) is 5.49. The Morgan fingerprint density at radius 3 is 2.89 bits per heavy atom. The molecule has 2 atom stereocenters. The number of rotatable bonds is 4. The highest BCUT2D eigenvalue weighted by Crippen LogP contribution is 2.37. The van der Waals surface area contributed by atoms with Crippen molar-refractivity contribution in [3.63, 3.8) is 0 Å². The van der Waals surface area contributed by atoms with E-state index in [1.807, 2.05) is 26.0 Å². The molecule has 1 N–H and O–H groups in total. The third-order valence-electron chi connectivity index (χ3n) is 6.20. The summed E-state index contributed by atoms with van der Waals surface area (Å²) >= 11 is 1.74. The highest BCUT2D eigenvalue weighted by molar-refractivity contribution is 7.09. The third-order valence-corrected chi connectivity index (χ3v) is 7.15. The minimum absolute atomic E-state index is 0.00988. The van der Waals surface area contributed by atoms with Crippen molar-refractivity contribution in [3.8, 4) is 0 Å². The lowest BCUT2D eigenvalue weighted by Gasteiger charge is -2.47. The minimum Gasteiger partial charge on any atom is -0.346 e.